The van der Waals surface area contributed by atoms with E-state index in [1.807, 2.05) is 20.0 Å². The van der Waals surface area contributed by atoms with Crippen LogP contribution in [0.1, 0.15) is 12.1 Å². The Balaban J connectivity index is 2.31. The molecule has 1 aromatic heterocycles. The van der Waals surface area contributed by atoms with Crippen LogP contribution >= 0.6 is 11.6 Å². The lowest BCUT2D eigenvalue weighted by Gasteiger charge is -2.14. The van der Waals surface area contributed by atoms with Crippen LogP contribution in [-0.4, -0.2) is 27.6 Å². The first-order valence-corrected chi connectivity index (χ1v) is 4.96. The van der Waals surface area contributed by atoms with Gasteiger partial charge < -0.3 is 0 Å². The molecule has 1 unspecified atom stereocenters. The number of carbonyl (C=O) groups is 1. The molecule has 1 aliphatic rings. The largest absolute Gasteiger partial charge is 0.295 e. The fourth-order valence-electron chi connectivity index (χ4n) is 1.73. The lowest BCUT2D eigenvalue weighted by atomic mass is 10.4. The minimum atomic E-state index is -0.0716. The first-order chi connectivity index (χ1) is 6.58. The fraction of sp³-hybridized carbons (Fsp3) is 0.556. The number of rotatable bonds is 1. The highest BCUT2D eigenvalue weighted by atomic mass is 35.5. The molecule has 1 amide bonds. The van der Waals surface area contributed by atoms with Crippen LogP contribution in [0.15, 0.2) is 6.07 Å². The van der Waals surface area contributed by atoms with E-state index in [-0.39, 0.29) is 11.3 Å². The van der Waals surface area contributed by atoms with E-state index in [4.69, 9.17) is 11.6 Å². The third kappa shape index (κ3) is 1.50. The topological polar surface area (TPSA) is 38.1 Å². The van der Waals surface area contributed by atoms with Gasteiger partial charge in [0.1, 0.15) is 5.82 Å². The van der Waals surface area contributed by atoms with Gasteiger partial charge in [0.2, 0.25) is 5.91 Å². The highest BCUT2D eigenvalue weighted by Crippen LogP contribution is 2.24. The van der Waals surface area contributed by atoms with Gasteiger partial charge in [-0.3, -0.25) is 14.4 Å². The minimum absolute atomic E-state index is 0.0716. The van der Waals surface area contributed by atoms with Crippen LogP contribution in [0, 0.1) is 6.92 Å². The zero-order valence-corrected chi connectivity index (χ0v) is 8.95. The van der Waals surface area contributed by atoms with Crippen molar-refractivity contribution in [3.8, 4) is 0 Å². The van der Waals surface area contributed by atoms with Gasteiger partial charge in [-0.15, -0.1) is 11.6 Å². The summed E-state index contributed by atoms with van der Waals surface area (Å²) in [5.74, 6) is 0.906. The summed E-state index contributed by atoms with van der Waals surface area (Å²) >= 11 is 5.92. The number of aryl methyl sites for hydroxylation is 2. The van der Waals surface area contributed by atoms with Crippen LogP contribution < -0.4 is 4.90 Å². The maximum atomic E-state index is 11.5. The van der Waals surface area contributed by atoms with Gasteiger partial charge in [0.15, 0.2) is 0 Å². The highest BCUT2D eigenvalue weighted by Gasteiger charge is 2.30. The van der Waals surface area contributed by atoms with Crippen molar-refractivity contribution >= 4 is 23.3 Å². The zero-order chi connectivity index (χ0) is 10.3. The maximum Gasteiger partial charge on any atom is 0.229 e. The van der Waals surface area contributed by atoms with Gasteiger partial charge in [-0.2, -0.15) is 5.10 Å². The normalized spacial score (nSPS) is 22.1. The van der Waals surface area contributed by atoms with Crippen LogP contribution in [0.25, 0.3) is 0 Å². The molecule has 0 spiro atoms. The van der Waals surface area contributed by atoms with Gasteiger partial charge in [0.05, 0.1) is 11.1 Å². The van der Waals surface area contributed by atoms with E-state index in [9.17, 15) is 4.79 Å². The summed E-state index contributed by atoms with van der Waals surface area (Å²) in [6, 6.07) is 1.90. The molecule has 0 bridgehead atoms. The molecule has 1 fully saturated rings. The van der Waals surface area contributed by atoms with E-state index in [0.717, 1.165) is 11.5 Å². The Bertz CT molecular complexity index is 374. The van der Waals surface area contributed by atoms with Crippen molar-refractivity contribution in [2.45, 2.75) is 18.7 Å². The molecule has 14 heavy (non-hydrogen) atoms. The number of amides is 1. The summed E-state index contributed by atoms with van der Waals surface area (Å²) in [5.41, 5.74) is 0.910. The summed E-state index contributed by atoms with van der Waals surface area (Å²) < 4.78 is 1.71. The molecule has 1 aromatic rings. The summed E-state index contributed by atoms with van der Waals surface area (Å²) in [7, 11) is 1.83. The standard InChI is InChI=1S/C9H12ClN3O/c1-6-3-8(12(2)11-6)13-5-7(10)4-9(13)14/h3,7H,4-5H2,1-2H3. The Morgan fingerprint density at radius 2 is 2.36 bits per heavy atom. The quantitative estimate of drug-likeness (QED) is 0.655. The molecule has 1 aliphatic heterocycles. The molecular weight excluding hydrogens is 202 g/mol. The van der Waals surface area contributed by atoms with Gasteiger partial charge in [-0.25, -0.2) is 0 Å². The molecule has 2 rings (SSSR count). The summed E-state index contributed by atoms with van der Waals surface area (Å²) in [6.45, 7) is 2.49. The molecule has 1 saturated heterocycles. The van der Waals surface area contributed by atoms with Gasteiger partial charge >= 0.3 is 0 Å². The predicted octanol–water partition coefficient (Wildman–Crippen LogP) is 1.07. The molecule has 5 heteroatoms. The average Bonchev–Trinajstić information content (AvgIpc) is 2.55. The second-order valence-electron chi connectivity index (χ2n) is 3.57. The lowest BCUT2D eigenvalue weighted by Crippen LogP contribution is -2.26. The maximum absolute atomic E-state index is 11.5. The number of aromatic nitrogens is 2. The van der Waals surface area contributed by atoms with Gasteiger partial charge in [0.25, 0.3) is 0 Å². The minimum Gasteiger partial charge on any atom is -0.295 e. The smallest absolute Gasteiger partial charge is 0.229 e. The molecule has 4 nitrogen and oxygen atoms in total. The second kappa shape index (κ2) is 3.28. The molecule has 0 N–H and O–H groups in total. The number of carbonyl (C=O) groups excluding carboxylic acids is 1. The monoisotopic (exact) mass is 213 g/mol. The summed E-state index contributed by atoms with van der Waals surface area (Å²) in [5, 5.41) is 4.12. The molecule has 1 atom stereocenters. The van der Waals surface area contributed by atoms with E-state index in [1.165, 1.54) is 0 Å². The van der Waals surface area contributed by atoms with Crippen molar-refractivity contribution in [1.29, 1.82) is 0 Å². The van der Waals surface area contributed by atoms with Crippen molar-refractivity contribution in [3.05, 3.63) is 11.8 Å². The Morgan fingerprint density at radius 1 is 1.64 bits per heavy atom. The average molecular weight is 214 g/mol. The van der Waals surface area contributed by atoms with Gasteiger partial charge in [-0.05, 0) is 6.92 Å². The first kappa shape index (κ1) is 9.52. The van der Waals surface area contributed by atoms with Crippen molar-refractivity contribution in [1.82, 2.24) is 9.78 Å². The third-order valence-corrected chi connectivity index (χ3v) is 2.62. The van der Waals surface area contributed by atoms with E-state index in [1.54, 1.807) is 9.58 Å². The Hall–Kier alpha value is -1.03. The highest BCUT2D eigenvalue weighted by molar-refractivity contribution is 6.24. The molecule has 2 heterocycles. The van der Waals surface area contributed by atoms with Crippen LogP contribution in [0.5, 0.6) is 0 Å². The first-order valence-electron chi connectivity index (χ1n) is 4.53. The van der Waals surface area contributed by atoms with Crippen LogP contribution in [0.2, 0.25) is 0 Å². The lowest BCUT2D eigenvalue weighted by molar-refractivity contribution is -0.117. The van der Waals surface area contributed by atoms with Crippen molar-refractivity contribution in [3.63, 3.8) is 0 Å². The molecule has 0 aliphatic carbocycles. The zero-order valence-electron chi connectivity index (χ0n) is 8.20. The number of alkyl halides is 1. The van der Waals surface area contributed by atoms with Crippen molar-refractivity contribution < 1.29 is 4.79 Å². The molecular formula is C9H12ClN3O. The Kier molecular flexibility index (Phi) is 2.23. The van der Waals surface area contributed by atoms with Crippen LogP contribution in [0.3, 0.4) is 0 Å². The Morgan fingerprint density at radius 3 is 2.79 bits per heavy atom. The predicted molar refractivity (Wildman–Crippen MR) is 54.6 cm³/mol. The number of nitrogens with zero attached hydrogens (tertiary/aromatic N) is 3. The molecule has 0 radical (unpaired) electrons. The van der Waals surface area contributed by atoms with E-state index >= 15 is 0 Å². The molecule has 0 aromatic carbocycles. The fourth-order valence-corrected chi connectivity index (χ4v) is 2.01. The van der Waals surface area contributed by atoms with Gasteiger partial charge in [-0.1, -0.05) is 0 Å². The van der Waals surface area contributed by atoms with E-state index < -0.39 is 0 Å². The van der Waals surface area contributed by atoms with Gasteiger partial charge in [0, 0.05) is 26.1 Å². The number of halogens is 1. The number of hydrogen-bond donors (Lipinski definition) is 0. The SMILES string of the molecule is Cc1cc(N2CC(Cl)CC2=O)n(C)n1. The number of anilines is 1. The third-order valence-electron chi connectivity index (χ3n) is 2.33. The van der Waals surface area contributed by atoms with Crippen molar-refractivity contribution in [2.24, 2.45) is 7.05 Å². The van der Waals surface area contributed by atoms with Crippen molar-refractivity contribution in [2.75, 3.05) is 11.4 Å². The van der Waals surface area contributed by atoms with E-state index in [0.29, 0.717) is 13.0 Å². The van der Waals surface area contributed by atoms with Crippen LogP contribution in [-0.2, 0) is 11.8 Å². The molecule has 76 valence electrons. The number of hydrogen-bond acceptors (Lipinski definition) is 2. The summed E-state index contributed by atoms with van der Waals surface area (Å²) in [4.78, 5) is 13.2. The van der Waals surface area contributed by atoms with E-state index in [2.05, 4.69) is 5.10 Å². The molecule has 0 saturated carbocycles. The van der Waals surface area contributed by atoms with Crippen LogP contribution in [0.4, 0.5) is 5.82 Å². The second-order valence-corrected chi connectivity index (χ2v) is 4.19. The Labute approximate surface area is 87.4 Å². The summed E-state index contributed by atoms with van der Waals surface area (Å²) in [6.07, 6.45) is 0.422.